The number of hydrogen-bond acceptors (Lipinski definition) is 5. The summed E-state index contributed by atoms with van der Waals surface area (Å²) in [5.41, 5.74) is 1.27. The van der Waals surface area contributed by atoms with E-state index in [0.29, 0.717) is 22.6 Å². The second-order valence-corrected chi connectivity index (χ2v) is 6.42. The van der Waals surface area contributed by atoms with Gasteiger partial charge in [-0.1, -0.05) is 38.1 Å². The minimum atomic E-state index is -0.945. The smallest absolute Gasteiger partial charge is 0.144 e. The van der Waals surface area contributed by atoms with E-state index in [1.54, 1.807) is 76.6 Å². The zero-order chi connectivity index (χ0) is 19.3. The Morgan fingerprint density at radius 1 is 0.731 bits per heavy atom. The van der Waals surface area contributed by atoms with Gasteiger partial charge in [-0.2, -0.15) is 0 Å². The molecule has 0 fully saturated rings. The molecule has 0 aliphatic rings. The molecule has 0 heterocycles. The van der Waals surface area contributed by atoms with E-state index >= 15 is 0 Å². The zero-order valence-corrected chi connectivity index (χ0v) is 15.5. The predicted octanol–water partition coefficient (Wildman–Crippen LogP) is 3.31. The first-order valence-electron chi connectivity index (χ1n) is 8.56. The van der Waals surface area contributed by atoms with Crippen molar-refractivity contribution in [2.45, 2.75) is 26.1 Å². The Bertz CT molecular complexity index is 647. The van der Waals surface area contributed by atoms with E-state index in [0.717, 1.165) is 0 Å². The standard InChI is InChI=1S/C21H26O5/c1-13(20(23)15-5-9-17(25-3)10-6-15)19(22)14(2)21(24)16-7-11-18(26-4)12-8-16/h5-14,20-21,23-24H,1-4H3/t13-,14-,20-,21-/m1/s1. The molecule has 0 aromatic heterocycles. The van der Waals surface area contributed by atoms with Crippen LogP contribution in [-0.4, -0.2) is 30.2 Å². The highest BCUT2D eigenvalue weighted by molar-refractivity contribution is 5.84. The van der Waals surface area contributed by atoms with E-state index in [-0.39, 0.29) is 5.78 Å². The molecule has 0 saturated heterocycles. The highest BCUT2D eigenvalue weighted by Gasteiger charge is 2.31. The zero-order valence-electron chi connectivity index (χ0n) is 15.5. The Balaban J connectivity index is 2.09. The summed E-state index contributed by atoms with van der Waals surface area (Å²) in [7, 11) is 3.14. The van der Waals surface area contributed by atoms with Crippen molar-refractivity contribution in [2.75, 3.05) is 14.2 Å². The number of ether oxygens (including phenoxy) is 2. The molecule has 0 bridgehead atoms. The van der Waals surface area contributed by atoms with Crippen LogP contribution in [0.2, 0.25) is 0 Å². The molecule has 0 aliphatic carbocycles. The molecular weight excluding hydrogens is 332 g/mol. The van der Waals surface area contributed by atoms with Crippen LogP contribution >= 0.6 is 0 Å². The third-order valence-corrected chi connectivity index (χ3v) is 4.76. The van der Waals surface area contributed by atoms with Gasteiger partial charge in [0.15, 0.2) is 0 Å². The summed E-state index contributed by atoms with van der Waals surface area (Å²) >= 11 is 0. The van der Waals surface area contributed by atoms with E-state index in [1.165, 1.54) is 0 Å². The number of aliphatic hydroxyl groups is 2. The maximum absolute atomic E-state index is 12.7. The number of Topliss-reactive ketones (excluding diaryl/α,β-unsaturated/α-hetero) is 1. The fourth-order valence-corrected chi connectivity index (χ4v) is 2.91. The van der Waals surface area contributed by atoms with Gasteiger partial charge in [0.2, 0.25) is 0 Å². The maximum atomic E-state index is 12.7. The van der Waals surface area contributed by atoms with Crippen molar-refractivity contribution in [3.8, 4) is 11.5 Å². The molecule has 140 valence electrons. The van der Waals surface area contributed by atoms with Gasteiger partial charge in [-0.05, 0) is 35.4 Å². The third kappa shape index (κ3) is 4.42. The van der Waals surface area contributed by atoms with Crippen molar-refractivity contribution in [3.05, 3.63) is 59.7 Å². The lowest BCUT2D eigenvalue weighted by Crippen LogP contribution is -2.28. The Morgan fingerprint density at radius 2 is 1.04 bits per heavy atom. The Labute approximate surface area is 154 Å². The van der Waals surface area contributed by atoms with Gasteiger partial charge < -0.3 is 19.7 Å². The monoisotopic (exact) mass is 358 g/mol. The average Bonchev–Trinajstić information content (AvgIpc) is 2.71. The van der Waals surface area contributed by atoms with Crippen LogP contribution in [0.3, 0.4) is 0 Å². The van der Waals surface area contributed by atoms with Gasteiger partial charge in [0.1, 0.15) is 17.3 Å². The first kappa shape index (κ1) is 19.9. The first-order valence-corrected chi connectivity index (χ1v) is 8.56. The Kier molecular flexibility index (Phi) is 6.77. The number of benzene rings is 2. The highest BCUT2D eigenvalue weighted by Crippen LogP contribution is 2.31. The van der Waals surface area contributed by atoms with Crippen LogP contribution in [0.4, 0.5) is 0 Å². The van der Waals surface area contributed by atoms with Gasteiger partial charge in [-0.15, -0.1) is 0 Å². The fourth-order valence-electron chi connectivity index (χ4n) is 2.91. The van der Waals surface area contributed by atoms with Crippen LogP contribution in [0.15, 0.2) is 48.5 Å². The minimum Gasteiger partial charge on any atom is -0.497 e. The van der Waals surface area contributed by atoms with Crippen molar-refractivity contribution < 1.29 is 24.5 Å². The van der Waals surface area contributed by atoms with Gasteiger partial charge in [0.25, 0.3) is 0 Å². The largest absolute Gasteiger partial charge is 0.497 e. The predicted molar refractivity (Wildman–Crippen MR) is 99.2 cm³/mol. The van der Waals surface area contributed by atoms with Crippen LogP contribution in [-0.2, 0) is 4.79 Å². The molecule has 4 atom stereocenters. The van der Waals surface area contributed by atoms with E-state index in [4.69, 9.17) is 9.47 Å². The SMILES string of the molecule is COc1ccc([C@H](O)[C@H](C)C(=O)[C@@H](C)[C@@H](O)c2ccc(OC)cc2)cc1. The molecule has 0 aliphatic heterocycles. The minimum absolute atomic E-state index is 0.198. The summed E-state index contributed by atoms with van der Waals surface area (Å²) in [5.74, 6) is -0.124. The lowest BCUT2D eigenvalue weighted by atomic mass is 9.83. The summed E-state index contributed by atoms with van der Waals surface area (Å²) in [4.78, 5) is 12.7. The normalized spacial score (nSPS) is 15.6. The molecule has 5 nitrogen and oxygen atoms in total. The topological polar surface area (TPSA) is 76.0 Å². The van der Waals surface area contributed by atoms with E-state index in [2.05, 4.69) is 0 Å². The van der Waals surface area contributed by atoms with Crippen LogP contribution < -0.4 is 9.47 Å². The molecule has 2 rings (SSSR count). The van der Waals surface area contributed by atoms with Crippen LogP contribution in [0.5, 0.6) is 11.5 Å². The van der Waals surface area contributed by atoms with Gasteiger partial charge in [-0.3, -0.25) is 4.79 Å². The molecule has 0 unspecified atom stereocenters. The number of ketones is 1. The lowest BCUT2D eigenvalue weighted by molar-refractivity contribution is -0.132. The summed E-state index contributed by atoms with van der Waals surface area (Å²) < 4.78 is 10.2. The quantitative estimate of drug-likeness (QED) is 0.757. The summed E-state index contributed by atoms with van der Waals surface area (Å²) in [6, 6.07) is 13.9. The summed E-state index contributed by atoms with van der Waals surface area (Å²) in [6.45, 7) is 3.35. The molecule has 2 N–H and O–H groups in total. The van der Waals surface area contributed by atoms with E-state index in [1.807, 2.05) is 0 Å². The number of methoxy groups -OCH3 is 2. The second kappa shape index (κ2) is 8.83. The number of aliphatic hydroxyl groups excluding tert-OH is 2. The van der Waals surface area contributed by atoms with Crippen LogP contribution in [0, 0.1) is 11.8 Å². The van der Waals surface area contributed by atoms with Crippen molar-refractivity contribution in [1.82, 2.24) is 0 Å². The van der Waals surface area contributed by atoms with Gasteiger partial charge in [0, 0.05) is 11.8 Å². The second-order valence-electron chi connectivity index (χ2n) is 6.42. The first-order chi connectivity index (χ1) is 12.4. The molecule has 26 heavy (non-hydrogen) atoms. The van der Waals surface area contributed by atoms with Gasteiger partial charge in [0.05, 0.1) is 26.4 Å². The molecule has 0 spiro atoms. The van der Waals surface area contributed by atoms with Gasteiger partial charge in [-0.25, -0.2) is 0 Å². The summed E-state index contributed by atoms with van der Waals surface area (Å²) in [6.07, 6.45) is -1.89. The summed E-state index contributed by atoms with van der Waals surface area (Å²) in [5, 5.41) is 21.1. The number of carbonyl (C=O) groups is 1. The Hall–Kier alpha value is -2.37. The molecular formula is C21H26O5. The van der Waals surface area contributed by atoms with Crippen molar-refractivity contribution in [2.24, 2.45) is 11.8 Å². The highest BCUT2D eigenvalue weighted by atomic mass is 16.5. The van der Waals surface area contributed by atoms with Crippen LogP contribution in [0.25, 0.3) is 0 Å². The third-order valence-electron chi connectivity index (χ3n) is 4.76. The molecule has 0 amide bonds. The molecule has 5 heteroatoms. The van der Waals surface area contributed by atoms with E-state index < -0.39 is 24.0 Å². The average molecular weight is 358 g/mol. The molecule has 0 saturated carbocycles. The molecule has 0 radical (unpaired) electrons. The fraction of sp³-hybridized carbons (Fsp3) is 0.381. The molecule has 2 aromatic carbocycles. The number of carbonyl (C=O) groups excluding carboxylic acids is 1. The van der Waals surface area contributed by atoms with Crippen LogP contribution in [0.1, 0.15) is 37.2 Å². The van der Waals surface area contributed by atoms with Crippen molar-refractivity contribution in [1.29, 1.82) is 0 Å². The maximum Gasteiger partial charge on any atom is 0.144 e. The lowest BCUT2D eigenvalue weighted by Gasteiger charge is -2.25. The number of hydrogen-bond donors (Lipinski definition) is 2. The van der Waals surface area contributed by atoms with Crippen molar-refractivity contribution >= 4 is 5.78 Å². The Morgan fingerprint density at radius 3 is 1.31 bits per heavy atom. The van der Waals surface area contributed by atoms with E-state index in [9.17, 15) is 15.0 Å². The molecule has 2 aromatic rings. The number of rotatable bonds is 8. The van der Waals surface area contributed by atoms with Crippen molar-refractivity contribution in [3.63, 3.8) is 0 Å². The van der Waals surface area contributed by atoms with Gasteiger partial charge >= 0.3 is 0 Å².